The summed E-state index contributed by atoms with van der Waals surface area (Å²) in [5, 5.41) is 8.49. The number of halogens is 3. The first-order valence-electron chi connectivity index (χ1n) is 10.8. The smallest absolute Gasteiger partial charge is 0.417 e. The molecule has 5 rings (SSSR count). The summed E-state index contributed by atoms with van der Waals surface area (Å²) in [5.74, 6) is 0.564. The van der Waals surface area contributed by atoms with E-state index < -0.39 is 17.6 Å². The summed E-state index contributed by atoms with van der Waals surface area (Å²) in [6.07, 6.45) is -3.19. The summed E-state index contributed by atoms with van der Waals surface area (Å²) in [6.45, 7) is 1.22. The molecule has 0 spiro atoms. The number of benzene rings is 2. The third-order valence-corrected chi connectivity index (χ3v) is 5.85. The van der Waals surface area contributed by atoms with Gasteiger partial charge in [-0.3, -0.25) is 4.79 Å². The molecule has 180 valence electrons. The molecule has 1 aliphatic rings. The Bertz CT molecular complexity index is 1380. The molecule has 1 fully saturated rings. The minimum absolute atomic E-state index is 0.237. The third-order valence-electron chi connectivity index (χ3n) is 5.85. The Kier molecular flexibility index (Phi) is 5.71. The second-order valence-electron chi connectivity index (χ2n) is 7.89. The number of piperazine rings is 1. The zero-order chi connectivity index (χ0) is 24.6. The molecule has 4 aromatic rings. The van der Waals surface area contributed by atoms with Crippen molar-refractivity contribution in [3.05, 3.63) is 66.0 Å². The van der Waals surface area contributed by atoms with E-state index in [9.17, 15) is 18.0 Å². The number of methoxy groups -OCH3 is 1. The van der Waals surface area contributed by atoms with Crippen LogP contribution in [0.2, 0.25) is 0 Å². The van der Waals surface area contributed by atoms with E-state index in [2.05, 4.69) is 20.3 Å². The van der Waals surface area contributed by atoms with Crippen molar-refractivity contribution < 1.29 is 22.7 Å². The van der Waals surface area contributed by atoms with Crippen molar-refractivity contribution in [2.24, 2.45) is 0 Å². The van der Waals surface area contributed by atoms with Crippen molar-refractivity contribution in [1.82, 2.24) is 29.9 Å². The topological polar surface area (TPSA) is 89.3 Å². The van der Waals surface area contributed by atoms with Crippen LogP contribution in [-0.4, -0.2) is 69.1 Å². The molecule has 2 aromatic heterocycles. The van der Waals surface area contributed by atoms with Crippen molar-refractivity contribution in [2.45, 2.75) is 6.18 Å². The van der Waals surface area contributed by atoms with Crippen LogP contribution in [0.4, 0.5) is 19.0 Å². The fraction of sp³-hybridized carbons (Fsp3) is 0.261. The molecule has 12 heteroatoms. The molecule has 1 saturated heterocycles. The largest absolute Gasteiger partial charge is 0.497 e. The quantitative estimate of drug-likeness (QED) is 0.440. The second kappa shape index (κ2) is 8.85. The molecular formula is C23H20F3N7O2. The SMILES string of the molecule is COc1cccc(-n2nnc3c(N4CCN(C(=O)c5ccccc5C(F)(F)F)CC4)ncnc32)c1. The molecule has 3 heterocycles. The average Bonchev–Trinajstić information content (AvgIpc) is 3.32. The Hall–Kier alpha value is -4.22. The number of hydrogen-bond acceptors (Lipinski definition) is 7. The number of carbonyl (C=O) groups excluding carboxylic acids is 1. The standard InChI is InChI=1S/C23H20F3N7O2/c1-35-16-6-4-5-15(13-16)33-21-19(29-30-33)20(27-14-28-21)31-9-11-32(12-10-31)22(34)17-7-2-3-8-18(17)23(24,25)26/h2-8,13-14H,9-12H2,1H3. The lowest BCUT2D eigenvalue weighted by atomic mass is 10.1. The molecule has 0 unspecified atom stereocenters. The maximum absolute atomic E-state index is 13.4. The summed E-state index contributed by atoms with van der Waals surface area (Å²) in [5.41, 5.74) is 0.423. The lowest BCUT2D eigenvalue weighted by Gasteiger charge is -2.35. The molecule has 2 aromatic carbocycles. The highest BCUT2D eigenvalue weighted by molar-refractivity contribution is 5.96. The molecule has 0 N–H and O–H groups in total. The maximum Gasteiger partial charge on any atom is 0.417 e. The number of ether oxygens (including phenoxy) is 1. The Balaban J connectivity index is 1.37. The third kappa shape index (κ3) is 4.22. The van der Waals surface area contributed by atoms with Gasteiger partial charge in [0.1, 0.15) is 12.1 Å². The molecule has 0 atom stereocenters. The van der Waals surface area contributed by atoms with E-state index >= 15 is 0 Å². The van der Waals surface area contributed by atoms with Gasteiger partial charge in [0.05, 0.1) is 23.9 Å². The summed E-state index contributed by atoms with van der Waals surface area (Å²) < 4.78 is 46.9. The van der Waals surface area contributed by atoms with Gasteiger partial charge >= 0.3 is 6.18 Å². The highest BCUT2D eigenvalue weighted by Gasteiger charge is 2.36. The van der Waals surface area contributed by atoms with Gasteiger partial charge in [-0.05, 0) is 24.3 Å². The number of anilines is 1. The first-order chi connectivity index (χ1) is 16.9. The van der Waals surface area contributed by atoms with Gasteiger partial charge in [0.25, 0.3) is 5.91 Å². The van der Waals surface area contributed by atoms with Crippen LogP contribution in [0.3, 0.4) is 0 Å². The van der Waals surface area contributed by atoms with Gasteiger partial charge in [-0.1, -0.05) is 23.4 Å². The zero-order valence-electron chi connectivity index (χ0n) is 18.6. The normalized spacial score (nSPS) is 14.4. The molecule has 9 nitrogen and oxygen atoms in total. The van der Waals surface area contributed by atoms with Gasteiger partial charge in [0, 0.05) is 32.2 Å². The number of aromatic nitrogens is 5. The van der Waals surface area contributed by atoms with Gasteiger partial charge < -0.3 is 14.5 Å². The van der Waals surface area contributed by atoms with Crippen LogP contribution in [0.25, 0.3) is 16.9 Å². The van der Waals surface area contributed by atoms with Crippen LogP contribution in [0, 0.1) is 0 Å². The Labute approximate surface area is 197 Å². The van der Waals surface area contributed by atoms with Crippen molar-refractivity contribution in [3.63, 3.8) is 0 Å². The number of amides is 1. The van der Waals surface area contributed by atoms with E-state index in [-0.39, 0.29) is 18.7 Å². The number of carbonyl (C=O) groups is 1. The van der Waals surface area contributed by atoms with Gasteiger partial charge in [-0.15, -0.1) is 5.10 Å². The number of alkyl halides is 3. The van der Waals surface area contributed by atoms with Gasteiger partial charge in [0.2, 0.25) is 0 Å². The number of fused-ring (bicyclic) bond motifs is 1. The van der Waals surface area contributed by atoms with Crippen LogP contribution < -0.4 is 9.64 Å². The monoisotopic (exact) mass is 483 g/mol. The summed E-state index contributed by atoms with van der Waals surface area (Å²) >= 11 is 0. The minimum atomic E-state index is -4.60. The van der Waals surface area contributed by atoms with Crippen molar-refractivity contribution in [2.75, 3.05) is 38.2 Å². The molecule has 1 amide bonds. The lowest BCUT2D eigenvalue weighted by Crippen LogP contribution is -2.49. The Morgan fingerprint density at radius 2 is 1.77 bits per heavy atom. The molecular weight excluding hydrogens is 463 g/mol. The molecule has 0 bridgehead atoms. The predicted octanol–water partition coefficient (Wildman–Crippen LogP) is 3.20. The van der Waals surface area contributed by atoms with Crippen LogP contribution in [0.15, 0.2) is 54.9 Å². The van der Waals surface area contributed by atoms with Crippen LogP contribution in [0.1, 0.15) is 15.9 Å². The second-order valence-corrected chi connectivity index (χ2v) is 7.89. The molecule has 1 aliphatic heterocycles. The first kappa shape index (κ1) is 22.6. The lowest BCUT2D eigenvalue weighted by molar-refractivity contribution is -0.138. The number of rotatable bonds is 4. The van der Waals surface area contributed by atoms with Gasteiger partial charge in [-0.2, -0.15) is 17.9 Å². The van der Waals surface area contributed by atoms with Crippen LogP contribution >= 0.6 is 0 Å². The highest BCUT2D eigenvalue weighted by Crippen LogP contribution is 2.33. The number of hydrogen-bond donors (Lipinski definition) is 0. The van der Waals surface area contributed by atoms with E-state index in [1.54, 1.807) is 17.9 Å². The van der Waals surface area contributed by atoms with Crippen LogP contribution in [-0.2, 0) is 6.18 Å². The molecule has 0 saturated carbocycles. The van der Waals surface area contributed by atoms with E-state index in [0.717, 1.165) is 11.8 Å². The predicted molar refractivity (Wildman–Crippen MR) is 121 cm³/mol. The number of nitrogens with zero attached hydrogens (tertiary/aromatic N) is 7. The summed E-state index contributed by atoms with van der Waals surface area (Å²) in [6, 6.07) is 12.1. The fourth-order valence-electron chi connectivity index (χ4n) is 4.09. The Morgan fingerprint density at radius 1 is 1.00 bits per heavy atom. The van der Waals surface area contributed by atoms with Crippen LogP contribution in [0.5, 0.6) is 5.75 Å². The summed E-state index contributed by atoms with van der Waals surface area (Å²) in [4.78, 5) is 24.9. The van der Waals surface area contributed by atoms with E-state index in [4.69, 9.17) is 4.74 Å². The van der Waals surface area contributed by atoms with E-state index in [0.29, 0.717) is 35.8 Å². The van der Waals surface area contributed by atoms with Crippen molar-refractivity contribution >= 4 is 22.9 Å². The van der Waals surface area contributed by atoms with Gasteiger partial charge in [0.15, 0.2) is 17.0 Å². The van der Waals surface area contributed by atoms with E-state index in [1.807, 2.05) is 23.1 Å². The fourth-order valence-corrected chi connectivity index (χ4v) is 4.09. The summed E-state index contributed by atoms with van der Waals surface area (Å²) in [7, 11) is 1.57. The Morgan fingerprint density at radius 3 is 2.51 bits per heavy atom. The molecule has 35 heavy (non-hydrogen) atoms. The first-order valence-corrected chi connectivity index (χ1v) is 10.8. The maximum atomic E-state index is 13.4. The molecule has 0 aliphatic carbocycles. The van der Waals surface area contributed by atoms with Gasteiger partial charge in [-0.25, -0.2) is 9.97 Å². The minimum Gasteiger partial charge on any atom is -0.497 e. The zero-order valence-corrected chi connectivity index (χ0v) is 18.6. The van der Waals surface area contributed by atoms with E-state index in [1.165, 1.54) is 29.4 Å². The van der Waals surface area contributed by atoms with Crippen molar-refractivity contribution in [1.29, 1.82) is 0 Å². The average molecular weight is 483 g/mol. The van der Waals surface area contributed by atoms with Crippen molar-refractivity contribution in [3.8, 4) is 11.4 Å². The highest BCUT2D eigenvalue weighted by atomic mass is 19.4. The molecule has 0 radical (unpaired) electrons.